The molecular weight excluding hydrogens is 268 g/mol. The van der Waals surface area contributed by atoms with E-state index in [1.165, 1.54) is 5.56 Å². The molecule has 1 aromatic carbocycles. The molecule has 0 spiro atoms. The molecule has 112 valence electrons. The Hall–Kier alpha value is -2.21. The number of hydrogen-bond donors (Lipinski definition) is 1. The lowest BCUT2D eigenvalue weighted by atomic mass is 10.1. The number of aromatic nitrogens is 2. The monoisotopic (exact) mass is 288 g/mol. The maximum absolute atomic E-state index is 10.9. The standard InChI is InChI=1S/C15H20N4O2/c1-3-14-13(11-18(2)17-14)10-16-9-8-12-6-4-5-7-15(12)19(20)21/h4-7,11,16H,3,8-10H2,1-2H3. The Kier molecular flexibility index (Phi) is 5.05. The van der Waals surface area contributed by atoms with Crippen LogP contribution in [0.4, 0.5) is 5.69 Å². The minimum Gasteiger partial charge on any atom is -0.312 e. The molecule has 1 aromatic heterocycles. The number of nitrogens with zero attached hydrogens (tertiary/aromatic N) is 3. The van der Waals surface area contributed by atoms with E-state index < -0.39 is 0 Å². The molecule has 2 rings (SSSR count). The summed E-state index contributed by atoms with van der Waals surface area (Å²) in [6.07, 6.45) is 3.55. The van der Waals surface area contributed by atoms with E-state index in [9.17, 15) is 10.1 Å². The van der Waals surface area contributed by atoms with Gasteiger partial charge in [-0.15, -0.1) is 0 Å². The molecule has 0 bridgehead atoms. The predicted octanol–water partition coefficient (Wildman–Crippen LogP) is 2.22. The first-order chi connectivity index (χ1) is 10.1. The summed E-state index contributed by atoms with van der Waals surface area (Å²) in [5.74, 6) is 0. The lowest BCUT2D eigenvalue weighted by molar-refractivity contribution is -0.385. The summed E-state index contributed by atoms with van der Waals surface area (Å²) < 4.78 is 1.82. The number of benzene rings is 1. The Morgan fingerprint density at radius 2 is 2.10 bits per heavy atom. The van der Waals surface area contributed by atoms with Crippen molar-refractivity contribution in [1.29, 1.82) is 0 Å². The van der Waals surface area contributed by atoms with Crippen LogP contribution in [0.2, 0.25) is 0 Å². The summed E-state index contributed by atoms with van der Waals surface area (Å²) in [6, 6.07) is 6.88. The molecule has 6 heteroatoms. The molecule has 0 aliphatic rings. The zero-order valence-corrected chi connectivity index (χ0v) is 12.4. The largest absolute Gasteiger partial charge is 0.312 e. The molecule has 0 unspecified atom stereocenters. The number of rotatable bonds is 7. The minimum atomic E-state index is -0.328. The maximum atomic E-state index is 10.9. The second-order valence-corrected chi connectivity index (χ2v) is 4.94. The first-order valence-corrected chi connectivity index (χ1v) is 7.06. The molecule has 0 saturated heterocycles. The van der Waals surface area contributed by atoms with Gasteiger partial charge in [0.05, 0.1) is 10.6 Å². The van der Waals surface area contributed by atoms with E-state index in [2.05, 4.69) is 17.3 Å². The van der Waals surface area contributed by atoms with E-state index in [1.54, 1.807) is 18.2 Å². The van der Waals surface area contributed by atoms with Crippen LogP contribution >= 0.6 is 0 Å². The number of nitrogens with one attached hydrogen (secondary N) is 1. The van der Waals surface area contributed by atoms with Gasteiger partial charge in [-0.1, -0.05) is 25.1 Å². The first kappa shape index (κ1) is 15.2. The summed E-state index contributed by atoms with van der Waals surface area (Å²) in [7, 11) is 1.91. The average molecular weight is 288 g/mol. The van der Waals surface area contributed by atoms with Gasteiger partial charge in [0, 0.05) is 37.0 Å². The fourth-order valence-corrected chi connectivity index (χ4v) is 2.38. The van der Waals surface area contributed by atoms with Crippen molar-refractivity contribution in [3.63, 3.8) is 0 Å². The number of nitro benzene ring substituents is 1. The Bertz CT molecular complexity index is 622. The van der Waals surface area contributed by atoms with E-state index in [0.717, 1.165) is 24.2 Å². The topological polar surface area (TPSA) is 73.0 Å². The quantitative estimate of drug-likeness (QED) is 0.481. The zero-order valence-electron chi connectivity index (χ0n) is 12.4. The highest BCUT2D eigenvalue weighted by atomic mass is 16.6. The molecule has 0 amide bonds. The number of para-hydroxylation sites is 1. The summed E-state index contributed by atoms with van der Waals surface area (Å²) in [5.41, 5.74) is 3.23. The van der Waals surface area contributed by atoms with Crippen molar-refractivity contribution in [1.82, 2.24) is 15.1 Å². The lowest BCUT2D eigenvalue weighted by Gasteiger charge is -2.05. The van der Waals surface area contributed by atoms with Gasteiger partial charge >= 0.3 is 0 Å². The van der Waals surface area contributed by atoms with Crippen molar-refractivity contribution in [2.45, 2.75) is 26.3 Å². The fourth-order valence-electron chi connectivity index (χ4n) is 2.38. The van der Waals surface area contributed by atoms with Crippen LogP contribution in [0, 0.1) is 10.1 Å². The van der Waals surface area contributed by atoms with Crippen LogP contribution in [-0.4, -0.2) is 21.2 Å². The van der Waals surface area contributed by atoms with E-state index >= 15 is 0 Å². The molecule has 0 aliphatic heterocycles. The zero-order chi connectivity index (χ0) is 15.2. The van der Waals surface area contributed by atoms with Crippen molar-refractivity contribution < 1.29 is 4.92 Å². The van der Waals surface area contributed by atoms with Crippen molar-refractivity contribution in [3.8, 4) is 0 Å². The van der Waals surface area contributed by atoms with E-state index in [1.807, 2.05) is 24.0 Å². The van der Waals surface area contributed by atoms with Gasteiger partial charge in [0.2, 0.25) is 0 Å². The predicted molar refractivity (Wildman–Crippen MR) is 81.1 cm³/mol. The minimum absolute atomic E-state index is 0.190. The summed E-state index contributed by atoms with van der Waals surface area (Å²) >= 11 is 0. The Morgan fingerprint density at radius 1 is 1.33 bits per heavy atom. The molecule has 2 aromatic rings. The van der Waals surface area contributed by atoms with Gasteiger partial charge in [-0.05, 0) is 19.4 Å². The second kappa shape index (κ2) is 6.99. The van der Waals surface area contributed by atoms with Crippen LogP contribution in [0.5, 0.6) is 0 Å². The number of nitro groups is 1. The van der Waals surface area contributed by atoms with Crippen LogP contribution in [0.25, 0.3) is 0 Å². The summed E-state index contributed by atoms with van der Waals surface area (Å²) in [6.45, 7) is 3.51. The second-order valence-electron chi connectivity index (χ2n) is 4.94. The highest BCUT2D eigenvalue weighted by molar-refractivity contribution is 5.39. The third-order valence-electron chi connectivity index (χ3n) is 3.40. The molecule has 0 aliphatic carbocycles. The maximum Gasteiger partial charge on any atom is 0.272 e. The summed E-state index contributed by atoms with van der Waals surface area (Å²) in [4.78, 5) is 10.6. The molecule has 6 nitrogen and oxygen atoms in total. The fraction of sp³-hybridized carbons (Fsp3) is 0.400. The molecule has 0 radical (unpaired) electrons. The van der Waals surface area contributed by atoms with Crippen LogP contribution < -0.4 is 5.32 Å². The molecule has 21 heavy (non-hydrogen) atoms. The molecular formula is C15H20N4O2. The van der Waals surface area contributed by atoms with Crippen LogP contribution in [0.1, 0.15) is 23.7 Å². The van der Waals surface area contributed by atoms with Crippen molar-refractivity contribution in [3.05, 3.63) is 57.4 Å². The highest BCUT2D eigenvalue weighted by Gasteiger charge is 2.11. The van der Waals surface area contributed by atoms with Crippen LogP contribution in [0.3, 0.4) is 0 Å². The van der Waals surface area contributed by atoms with Crippen molar-refractivity contribution in [2.24, 2.45) is 7.05 Å². The van der Waals surface area contributed by atoms with Gasteiger partial charge in [0.15, 0.2) is 0 Å². The van der Waals surface area contributed by atoms with Crippen LogP contribution in [-0.2, 0) is 26.4 Å². The Balaban J connectivity index is 1.89. The number of hydrogen-bond acceptors (Lipinski definition) is 4. The Labute approximate surface area is 123 Å². The van der Waals surface area contributed by atoms with Crippen LogP contribution in [0.15, 0.2) is 30.5 Å². The van der Waals surface area contributed by atoms with Gasteiger partial charge in [-0.25, -0.2) is 0 Å². The first-order valence-electron chi connectivity index (χ1n) is 7.06. The summed E-state index contributed by atoms with van der Waals surface area (Å²) in [5, 5.41) is 18.7. The molecule has 1 heterocycles. The van der Waals surface area contributed by atoms with Gasteiger partial charge in [-0.2, -0.15) is 5.10 Å². The smallest absolute Gasteiger partial charge is 0.272 e. The van der Waals surface area contributed by atoms with E-state index in [4.69, 9.17) is 0 Å². The van der Waals surface area contributed by atoms with Gasteiger partial charge in [0.25, 0.3) is 5.69 Å². The normalized spacial score (nSPS) is 10.8. The van der Waals surface area contributed by atoms with Gasteiger partial charge in [-0.3, -0.25) is 14.8 Å². The van der Waals surface area contributed by atoms with Crippen molar-refractivity contribution >= 4 is 5.69 Å². The molecule has 1 N–H and O–H groups in total. The molecule has 0 atom stereocenters. The van der Waals surface area contributed by atoms with Gasteiger partial charge < -0.3 is 5.32 Å². The molecule has 0 fully saturated rings. The van der Waals surface area contributed by atoms with E-state index in [-0.39, 0.29) is 10.6 Å². The average Bonchev–Trinajstić information content (AvgIpc) is 2.84. The molecule has 0 saturated carbocycles. The Morgan fingerprint density at radius 3 is 2.81 bits per heavy atom. The third kappa shape index (κ3) is 3.88. The third-order valence-corrected chi connectivity index (χ3v) is 3.40. The van der Waals surface area contributed by atoms with E-state index in [0.29, 0.717) is 13.0 Å². The number of aryl methyl sites for hydroxylation is 2. The lowest BCUT2D eigenvalue weighted by Crippen LogP contribution is -2.17. The van der Waals surface area contributed by atoms with Gasteiger partial charge in [0.1, 0.15) is 0 Å². The van der Waals surface area contributed by atoms with Crippen molar-refractivity contribution in [2.75, 3.05) is 6.54 Å². The highest BCUT2D eigenvalue weighted by Crippen LogP contribution is 2.17. The SMILES string of the molecule is CCc1nn(C)cc1CNCCc1ccccc1[N+](=O)[O-].